The van der Waals surface area contributed by atoms with Crippen molar-refractivity contribution in [3.8, 4) is 0 Å². The molecule has 0 saturated carbocycles. The Balaban J connectivity index is 2.30. The van der Waals surface area contributed by atoms with Gasteiger partial charge in [-0.1, -0.05) is 19.6 Å². The quantitative estimate of drug-likeness (QED) is 0.620. The van der Waals surface area contributed by atoms with Gasteiger partial charge in [0.05, 0.1) is 8.24 Å². The second kappa shape index (κ2) is 4.25. The Morgan fingerprint density at radius 1 is 1.25 bits per heavy atom. The monoisotopic (exact) mass is 200 g/mol. The first kappa shape index (κ1) is 10.7. The highest BCUT2D eigenvalue weighted by Crippen LogP contribution is 2.11. The van der Waals surface area contributed by atoms with Gasteiger partial charge in [-0.15, -0.1) is 0 Å². The molecule has 1 heterocycles. The molecule has 0 aromatic carbocycles. The van der Waals surface area contributed by atoms with Crippen molar-refractivity contribution >= 4 is 24.7 Å². The van der Waals surface area contributed by atoms with Gasteiger partial charge >= 0.3 is 16.5 Å². The number of hydrogen-bond donors (Lipinski definition) is 0. The summed E-state index contributed by atoms with van der Waals surface area (Å²) in [4.78, 5) is 2.60. The summed E-state index contributed by atoms with van der Waals surface area (Å²) in [7, 11) is -0.975. The van der Waals surface area contributed by atoms with E-state index in [1.807, 2.05) is 0 Å². The lowest BCUT2D eigenvalue weighted by molar-refractivity contribution is 0.284. The second-order valence-corrected chi connectivity index (χ2v) is 11.9. The van der Waals surface area contributed by atoms with E-state index in [-0.39, 0.29) is 0 Å². The lowest BCUT2D eigenvalue weighted by Gasteiger charge is -2.35. The first-order chi connectivity index (χ1) is 5.50. The van der Waals surface area contributed by atoms with E-state index >= 15 is 0 Å². The highest BCUT2D eigenvalue weighted by Gasteiger charge is 2.21. The zero-order chi connectivity index (χ0) is 9.19. The van der Waals surface area contributed by atoms with E-state index < -0.39 is 8.24 Å². The van der Waals surface area contributed by atoms with Crippen molar-refractivity contribution in [2.45, 2.75) is 32.5 Å². The van der Waals surface area contributed by atoms with Crippen LogP contribution in [-0.2, 0) is 0 Å². The molecule has 0 aromatic heterocycles. The Morgan fingerprint density at radius 3 is 2.17 bits per heavy atom. The van der Waals surface area contributed by atoms with E-state index in [1.165, 1.54) is 49.1 Å². The van der Waals surface area contributed by atoms with Crippen LogP contribution in [0.2, 0.25) is 19.6 Å². The number of likely N-dealkylation sites (tertiary alicyclic amines) is 1. The van der Waals surface area contributed by atoms with Gasteiger partial charge < -0.3 is 3.55 Å². The standard InChI is InChI=1S/C8H19N2Si.Al.2H/c1-11(2,3)9-8-10-6-4-5-7-10;;;/h4-8H2,1-3H3;;;/q-1;+1;;. The predicted molar refractivity (Wildman–Crippen MR) is 59.4 cm³/mol. The van der Waals surface area contributed by atoms with Crippen LogP contribution in [0.3, 0.4) is 0 Å². The van der Waals surface area contributed by atoms with Crippen molar-refractivity contribution in [2.24, 2.45) is 0 Å². The zero-order valence-corrected chi connectivity index (χ0v) is 11.9. The molecule has 0 unspecified atom stereocenters. The molecule has 0 atom stereocenters. The maximum Gasteiger partial charge on any atom is 0.315 e. The summed E-state index contributed by atoms with van der Waals surface area (Å²) in [5.41, 5.74) is 0. The van der Waals surface area contributed by atoms with Crippen molar-refractivity contribution in [3.63, 3.8) is 0 Å². The van der Waals surface area contributed by atoms with Gasteiger partial charge in [-0.3, -0.25) is 4.90 Å². The molecule has 1 aliphatic heterocycles. The Morgan fingerprint density at radius 2 is 1.75 bits per heavy atom. The molecule has 0 N–H and O–H groups in total. The van der Waals surface area contributed by atoms with Crippen molar-refractivity contribution in [1.29, 1.82) is 0 Å². The van der Waals surface area contributed by atoms with Gasteiger partial charge in [0, 0.05) is 6.67 Å². The first-order valence-corrected chi connectivity index (χ1v) is 9.28. The fourth-order valence-corrected chi connectivity index (χ4v) is 2.46. The average molecular weight is 200 g/mol. The van der Waals surface area contributed by atoms with Crippen molar-refractivity contribution in [3.05, 3.63) is 0 Å². The molecule has 1 fully saturated rings. The summed E-state index contributed by atoms with van der Waals surface area (Å²) in [6, 6.07) is 0. The number of hydrogen-bond acceptors (Lipinski definition) is 2. The second-order valence-electron chi connectivity index (χ2n) is 4.84. The van der Waals surface area contributed by atoms with Crippen LogP contribution in [0.1, 0.15) is 12.8 Å². The van der Waals surface area contributed by atoms with Gasteiger partial charge in [-0.25, -0.2) is 0 Å². The summed E-state index contributed by atoms with van der Waals surface area (Å²) in [5, 5.41) is 0. The van der Waals surface area contributed by atoms with Crippen LogP contribution in [0.15, 0.2) is 0 Å². The van der Waals surface area contributed by atoms with Crippen LogP contribution in [0, 0.1) is 0 Å². The number of nitrogens with zero attached hydrogens (tertiary/aromatic N) is 2. The van der Waals surface area contributed by atoms with Crippen LogP contribution in [0.4, 0.5) is 0 Å². The highest BCUT2D eigenvalue weighted by molar-refractivity contribution is 6.77. The van der Waals surface area contributed by atoms with Crippen LogP contribution >= 0.6 is 0 Å². The molecule has 0 aliphatic carbocycles. The first-order valence-electron chi connectivity index (χ1n) is 4.94. The highest BCUT2D eigenvalue weighted by atomic mass is 28.3. The Hall–Kier alpha value is 0.669. The minimum atomic E-state index is -0.975. The Labute approximate surface area is 85.6 Å². The zero-order valence-electron chi connectivity index (χ0n) is 8.93. The fourth-order valence-electron chi connectivity index (χ4n) is 1.44. The van der Waals surface area contributed by atoms with Crippen LogP contribution in [0.25, 0.3) is 0 Å². The summed E-state index contributed by atoms with van der Waals surface area (Å²) in [6.45, 7) is 11.2. The largest absolute Gasteiger partial charge is 0.401 e. The van der Waals surface area contributed by atoms with E-state index in [9.17, 15) is 0 Å². The predicted octanol–water partition coefficient (Wildman–Crippen LogP) is 0.725. The van der Waals surface area contributed by atoms with Gasteiger partial charge in [0.1, 0.15) is 0 Å². The Bertz CT molecular complexity index is 140. The topological polar surface area (TPSA) is 6.48 Å². The van der Waals surface area contributed by atoms with E-state index in [0.29, 0.717) is 0 Å². The van der Waals surface area contributed by atoms with Gasteiger partial charge in [-0.2, -0.15) is 0 Å². The summed E-state index contributed by atoms with van der Waals surface area (Å²) in [6.07, 6.45) is 2.84. The number of rotatable bonds is 3. The lowest BCUT2D eigenvalue weighted by atomic mass is 10.4. The molecule has 0 amide bonds. The van der Waals surface area contributed by atoms with Gasteiger partial charge in [0.15, 0.2) is 0 Å². The molecule has 0 radical (unpaired) electrons. The molecular formula is C8H21AlN2Si. The molecule has 1 rings (SSSR count). The van der Waals surface area contributed by atoms with Crippen molar-refractivity contribution < 1.29 is 0 Å². The van der Waals surface area contributed by atoms with Gasteiger partial charge in [0.2, 0.25) is 0 Å². The lowest BCUT2D eigenvalue weighted by Crippen LogP contribution is -2.49. The molecule has 12 heavy (non-hydrogen) atoms. The molecule has 2 nitrogen and oxygen atoms in total. The Kier molecular flexibility index (Phi) is 3.81. The molecule has 1 saturated heterocycles. The van der Waals surface area contributed by atoms with Crippen LogP contribution in [-0.4, -0.2) is 53.0 Å². The molecule has 0 aromatic rings. The minimum Gasteiger partial charge on any atom is -0.401 e. The van der Waals surface area contributed by atoms with Gasteiger partial charge in [-0.05, 0) is 25.9 Å². The fraction of sp³-hybridized carbons (Fsp3) is 1.00. The van der Waals surface area contributed by atoms with Crippen LogP contribution < -0.4 is 0 Å². The van der Waals surface area contributed by atoms with E-state index in [0.717, 1.165) is 0 Å². The maximum atomic E-state index is 2.69. The van der Waals surface area contributed by atoms with E-state index in [4.69, 9.17) is 0 Å². The van der Waals surface area contributed by atoms with Crippen molar-refractivity contribution in [2.75, 3.05) is 19.8 Å². The maximum absolute atomic E-state index is 2.69. The van der Waals surface area contributed by atoms with E-state index in [2.05, 4.69) is 28.1 Å². The normalized spacial score (nSPS) is 20.7. The smallest absolute Gasteiger partial charge is 0.315 e. The molecule has 0 spiro atoms. The third-order valence-electron chi connectivity index (χ3n) is 2.76. The molecule has 4 heteroatoms. The third-order valence-corrected chi connectivity index (χ3v) is 9.50. The summed E-state index contributed by atoms with van der Waals surface area (Å²) in [5.74, 6) is 0. The summed E-state index contributed by atoms with van der Waals surface area (Å²) < 4.78 is 2.69. The van der Waals surface area contributed by atoms with Gasteiger partial charge in [0.25, 0.3) is 0 Å². The van der Waals surface area contributed by atoms with Crippen molar-refractivity contribution in [1.82, 2.24) is 8.45 Å². The average Bonchev–Trinajstić information content (AvgIpc) is 2.37. The third kappa shape index (κ3) is 3.20. The SMILES string of the molecule is C[Si](C)(C)[N]([AlH2])CN1CCCC1. The molecule has 70 valence electrons. The minimum absolute atomic E-state index is 0.975. The van der Waals surface area contributed by atoms with Crippen LogP contribution in [0.5, 0.6) is 0 Å². The molecule has 0 bridgehead atoms. The van der Waals surface area contributed by atoms with E-state index in [1.54, 1.807) is 0 Å². The molecular weight excluding hydrogens is 179 g/mol. The summed E-state index contributed by atoms with van der Waals surface area (Å²) >= 11 is 1.24. The molecule has 1 aliphatic rings.